The summed E-state index contributed by atoms with van der Waals surface area (Å²) < 4.78 is 11.0. The van der Waals surface area contributed by atoms with Crippen molar-refractivity contribution >= 4 is 17.9 Å². The monoisotopic (exact) mass is 360 g/mol. The highest BCUT2D eigenvalue weighted by atomic mass is 16.6. The minimum absolute atomic E-state index is 0.0121. The van der Waals surface area contributed by atoms with Gasteiger partial charge in [-0.3, -0.25) is 0 Å². The van der Waals surface area contributed by atoms with E-state index in [1.807, 2.05) is 13.0 Å². The van der Waals surface area contributed by atoms with Crippen molar-refractivity contribution in [3.8, 4) is 0 Å². The van der Waals surface area contributed by atoms with Gasteiger partial charge in [-0.1, -0.05) is 24.3 Å². The second-order valence-electron chi connectivity index (χ2n) is 6.63. The molecule has 0 aromatic carbocycles. The number of carboxylic acids is 1. The van der Waals surface area contributed by atoms with Gasteiger partial charge in [0.2, 0.25) is 0 Å². The smallest absolute Gasteiger partial charge is 0.334 e. The summed E-state index contributed by atoms with van der Waals surface area (Å²) in [6.07, 6.45) is 4.81. The van der Waals surface area contributed by atoms with Gasteiger partial charge in [0.25, 0.3) is 0 Å². The molecule has 0 saturated carbocycles. The molecule has 1 fully saturated rings. The van der Waals surface area contributed by atoms with Gasteiger partial charge < -0.3 is 14.6 Å². The van der Waals surface area contributed by atoms with E-state index >= 15 is 0 Å². The Labute approximate surface area is 152 Å². The fourth-order valence-electron chi connectivity index (χ4n) is 3.08. The van der Waals surface area contributed by atoms with Crippen molar-refractivity contribution < 1.29 is 29.0 Å². The van der Waals surface area contributed by atoms with Crippen LogP contribution in [0.1, 0.15) is 40.0 Å². The molecule has 0 spiro atoms. The van der Waals surface area contributed by atoms with E-state index in [4.69, 9.17) is 9.47 Å². The summed E-state index contributed by atoms with van der Waals surface area (Å²) in [4.78, 5) is 35.9. The van der Waals surface area contributed by atoms with Crippen molar-refractivity contribution in [3.63, 3.8) is 0 Å². The quantitative estimate of drug-likeness (QED) is 0.472. The summed E-state index contributed by atoms with van der Waals surface area (Å²) in [5, 5.41) is 9.49. The molecule has 1 aliphatic carbocycles. The molecular formula is C20H24O6. The van der Waals surface area contributed by atoms with E-state index in [-0.39, 0.29) is 17.6 Å². The normalized spacial score (nSPS) is 31.0. The second kappa shape index (κ2) is 8.17. The van der Waals surface area contributed by atoms with Crippen LogP contribution < -0.4 is 0 Å². The molecule has 0 radical (unpaired) electrons. The van der Waals surface area contributed by atoms with Crippen LogP contribution in [0, 0.1) is 5.92 Å². The number of hydrogen-bond donors (Lipinski definition) is 1. The van der Waals surface area contributed by atoms with Crippen molar-refractivity contribution in [2.75, 3.05) is 0 Å². The fourth-order valence-corrected chi connectivity index (χ4v) is 3.08. The van der Waals surface area contributed by atoms with Crippen LogP contribution in [0.3, 0.4) is 0 Å². The predicted octanol–water partition coefficient (Wildman–Crippen LogP) is 3.10. The van der Waals surface area contributed by atoms with Gasteiger partial charge in [0.15, 0.2) is 0 Å². The van der Waals surface area contributed by atoms with E-state index in [0.29, 0.717) is 18.4 Å². The number of aliphatic carboxylic acids is 1. The second-order valence-corrected chi connectivity index (χ2v) is 6.63. The van der Waals surface area contributed by atoms with Crippen LogP contribution in [0.4, 0.5) is 0 Å². The number of carboxylic acid groups (broad SMARTS) is 1. The number of fused-ring (bicyclic) bond motifs is 1. The molecular weight excluding hydrogens is 336 g/mol. The number of rotatable bonds is 3. The fraction of sp³-hybridized carbons (Fsp3) is 0.450. The summed E-state index contributed by atoms with van der Waals surface area (Å²) >= 11 is 0. The summed E-state index contributed by atoms with van der Waals surface area (Å²) in [7, 11) is 0. The first-order valence-corrected chi connectivity index (χ1v) is 8.57. The number of carbonyl (C=O) groups is 3. The first-order chi connectivity index (χ1) is 12.2. The van der Waals surface area contributed by atoms with Crippen molar-refractivity contribution in [3.05, 3.63) is 47.1 Å². The number of allylic oxidation sites excluding steroid dienone is 3. The van der Waals surface area contributed by atoms with Gasteiger partial charge in [-0.15, -0.1) is 0 Å². The van der Waals surface area contributed by atoms with Gasteiger partial charge in [0.1, 0.15) is 12.2 Å². The van der Waals surface area contributed by atoms with Crippen LogP contribution in [0.25, 0.3) is 0 Å². The Morgan fingerprint density at radius 1 is 1.42 bits per heavy atom. The van der Waals surface area contributed by atoms with E-state index in [0.717, 1.165) is 5.57 Å². The van der Waals surface area contributed by atoms with Crippen LogP contribution in [-0.2, 0) is 23.9 Å². The topological polar surface area (TPSA) is 89.9 Å². The van der Waals surface area contributed by atoms with Gasteiger partial charge in [0.05, 0.1) is 5.92 Å². The number of hydrogen-bond acceptors (Lipinski definition) is 5. The molecule has 0 unspecified atom stereocenters. The first-order valence-electron chi connectivity index (χ1n) is 8.57. The molecule has 140 valence electrons. The van der Waals surface area contributed by atoms with Gasteiger partial charge in [-0.05, 0) is 39.7 Å². The summed E-state index contributed by atoms with van der Waals surface area (Å²) in [5.74, 6) is -2.78. The molecule has 0 amide bonds. The van der Waals surface area contributed by atoms with Crippen molar-refractivity contribution in [2.24, 2.45) is 5.92 Å². The third kappa shape index (κ3) is 4.31. The average Bonchev–Trinajstić information content (AvgIpc) is 2.85. The molecule has 1 saturated heterocycles. The van der Waals surface area contributed by atoms with Crippen molar-refractivity contribution in [1.82, 2.24) is 0 Å². The summed E-state index contributed by atoms with van der Waals surface area (Å²) in [6, 6.07) is 0. The maximum absolute atomic E-state index is 12.3. The Bertz CT molecular complexity index is 725. The van der Waals surface area contributed by atoms with Crippen LogP contribution in [-0.4, -0.2) is 35.2 Å². The molecule has 1 N–H and O–H groups in total. The lowest BCUT2D eigenvalue weighted by atomic mass is 9.85. The molecule has 0 aromatic rings. The van der Waals surface area contributed by atoms with E-state index in [1.165, 1.54) is 0 Å². The molecule has 6 nitrogen and oxygen atoms in total. The van der Waals surface area contributed by atoms with Crippen LogP contribution in [0.15, 0.2) is 47.1 Å². The first kappa shape index (κ1) is 19.7. The Morgan fingerprint density at radius 3 is 2.73 bits per heavy atom. The Hall–Kier alpha value is -2.63. The largest absolute Gasteiger partial charge is 0.478 e. The van der Waals surface area contributed by atoms with Gasteiger partial charge >= 0.3 is 17.9 Å². The molecule has 26 heavy (non-hydrogen) atoms. The number of ether oxygens (including phenoxy) is 2. The predicted molar refractivity (Wildman–Crippen MR) is 95.1 cm³/mol. The summed E-state index contributed by atoms with van der Waals surface area (Å²) in [6.45, 7) is 9.01. The van der Waals surface area contributed by atoms with Crippen LogP contribution >= 0.6 is 0 Å². The zero-order chi connectivity index (χ0) is 19.4. The maximum atomic E-state index is 12.3. The summed E-state index contributed by atoms with van der Waals surface area (Å²) in [5.41, 5.74) is 1.73. The zero-order valence-electron chi connectivity index (χ0n) is 15.3. The highest BCUT2D eigenvalue weighted by Gasteiger charge is 2.45. The molecule has 1 heterocycles. The van der Waals surface area contributed by atoms with E-state index in [2.05, 4.69) is 6.58 Å². The van der Waals surface area contributed by atoms with Gasteiger partial charge in [-0.2, -0.15) is 0 Å². The molecule has 0 bridgehead atoms. The lowest BCUT2D eigenvalue weighted by Gasteiger charge is -2.27. The lowest BCUT2D eigenvalue weighted by Crippen LogP contribution is -2.34. The molecule has 6 heteroatoms. The Kier molecular flexibility index (Phi) is 6.18. The van der Waals surface area contributed by atoms with E-state index < -0.39 is 36.0 Å². The number of esters is 2. The van der Waals surface area contributed by atoms with Crippen LogP contribution in [0.2, 0.25) is 0 Å². The number of carbonyl (C=O) groups excluding carboxylic acids is 2. The highest BCUT2D eigenvalue weighted by Crippen LogP contribution is 2.36. The molecule has 0 aromatic heterocycles. The average molecular weight is 360 g/mol. The Balaban J connectivity index is 2.46. The lowest BCUT2D eigenvalue weighted by molar-refractivity contribution is -0.148. The van der Waals surface area contributed by atoms with Crippen molar-refractivity contribution in [2.45, 2.75) is 52.2 Å². The highest BCUT2D eigenvalue weighted by molar-refractivity contribution is 5.92. The maximum Gasteiger partial charge on any atom is 0.334 e. The van der Waals surface area contributed by atoms with Crippen molar-refractivity contribution in [1.29, 1.82) is 0 Å². The van der Waals surface area contributed by atoms with Crippen LogP contribution in [0.5, 0.6) is 0 Å². The Morgan fingerprint density at radius 2 is 2.12 bits per heavy atom. The molecule has 1 aliphatic heterocycles. The van der Waals surface area contributed by atoms with Gasteiger partial charge in [0, 0.05) is 23.1 Å². The zero-order valence-corrected chi connectivity index (χ0v) is 15.3. The minimum Gasteiger partial charge on any atom is -0.478 e. The third-order valence-corrected chi connectivity index (χ3v) is 4.75. The third-order valence-electron chi connectivity index (χ3n) is 4.75. The standard InChI is InChI=1S/C20H24O6/c1-5-12(3)19(23)25-16-10-14(18(21)22)8-6-7-11(2)9-15-17(16)13(4)20(24)26-15/h5,8-9,15-17H,4,6-7,10H2,1-3H3,(H,21,22)/b11-9+,12-5+,14-8-/t15-,16-,17+/m1/s1. The molecule has 2 rings (SSSR count). The van der Waals surface area contributed by atoms with Gasteiger partial charge in [-0.25, -0.2) is 14.4 Å². The minimum atomic E-state index is -1.07. The molecule has 2 aliphatic rings. The molecule has 3 atom stereocenters. The van der Waals surface area contributed by atoms with E-state index in [1.54, 1.807) is 26.0 Å². The SMILES string of the molecule is C=C1C(=O)O[C@@H]2/C=C(\C)CC/C=C(\C(=O)O)C[C@@H](OC(=O)/C(C)=C/C)[C@@H]12. The van der Waals surface area contributed by atoms with E-state index in [9.17, 15) is 19.5 Å².